The molecule has 2 saturated heterocycles. The highest BCUT2D eigenvalue weighted by Gasteiger charge is 2.59. The SMILES string of the molecule is NCCNC(=O)c1ccc(SCC(=O)N2CC[C@@H]3[C@H]2C(=O)N3S(=O)(=O)O)cc1. The van der Waals surface area contributed by atoms with E-state index in [1.807, 2.05) is 0 Å². The first kappa shape index (κ1) is 20.6. The maximum Gasteiger partial charge on any atom is 0.362 e. The number of nitrogens with zero attached hydrogens (tertiary/aromatic N) is 2. The van der Waals surface area contributed by atoms with E-state index in [2.05, 4.69) is 5.32 Å². The van der Waals surface area contributed by atoms with Crippen molar-refractivity contribution in [2.24, 2.45) is 5.73 Å². The first-order valence-corrected chi connectivity index (χ1v) is 10.9. The number of amides is 3. The molecule has 28 heavy (non-hydrogen) atoms. The number of nitrogens with one attached hydrogen (secondary N) is 1. The summed E-state index contributed by atoms with van der Waals surface area (Å²) in [4.78, 5) is 38.4. The molecule has 0 aromatic heterocycles. The van der Waals surface area contributed by atoms with Crippen molar-refractivity contribution in [1.82, 2.24) is 14.5 Å². The molecule has 0 bridgehead atoms. The van der Waals surface area contributed by atoms with Crippen LogP contribution < -0.4 is 11.1 Å². The standard InChI is InChI=1S/C16H20N4O6S2/c17-6-7-18-15(22)10-1-3-11(4-2-10)27-9-13(21)19-8-5-12-14(19)16(23)20(12)28(24,25)26/h1-4,12,14H,5-9,17H2,(H,18,22)(H,24,25,26)/t12-,14+/m1/s1. The summed E-state index contributed by atoms with van der Waals surface area (Å²) in [6.07, 6.45) is 0.305. The average Bonchev–Trinajstić information content (AvgIpc) is 3.02. The Balaban J connectivity index is 1.54. The third kappa shape index (κ3) is 3.99. The number of benzene rings is 1. The summed E-state index contributed by atoms with van der Waals surface area (Å²) in [6, 6.07) is 5.20. The Kier molecular flexibility index (Phi) is 5.93. The molecule has 0 unspecified atom stereocenters. The molecule has 152 valence electrons. The lowest BCUT2D eigenvalue weighted by Gasteiger charge is -2.42. The first-order chi connectivity index (χ1) is 13.2. The molecule has 1 aromatic rings. The third-order valence-electron chi connectivity index (χ3n) is 4.62. The summed E-state index contributed by atoms with van der Waals surface area (Å²) in [6.45, 7) is 0.993. The molecular weight excluding hydrogens is 408 g/mol. The van der Waals surface area contributed by atoms with Gasteiger partial charge in [-0.25, -0.2) is 4.31 Å². The Morgan fingerprint density at radius 1 is 1.29 bits per heavy atom. The summed E-state index contributed by atoms with van der Waals surface area (Å²) >= 11 is 1.25. The van der Waals surface area contributed by atoms with Crippen LogP contribution in [0.1, 0.15) is 16.8 Å². The van der Waals surface area contributed by atoms with Crippen LogP contribution in [0, 0.1) is 0 Å². The lowest BCUT2D eigenvalue weighted by molar-refractivity contribution is -0.150. The molecule has 3 rings (SSSR count). The van der Waals surface area contributed by atoms with Crippen LogP contribution in [0.5, 0.6) is 0 Å². The van der Waals surface area contributed by atoms with E-state index in [0.717, 1.165) is 4.90 Å². The maximum absolute atomic E-state index is 12.5. The van der Waals surface area contributed by atoms with Gasteiger partial charge in [0, 0.05) is 30.1 Å². The number of likely N-dealkylation sites (tertiary alicyclic amines) is 1. The highest BCUT2D eigenvalue weighted by Crippen LogP contribution is 2.36. The Labute approximate surface area is 166 Å². The molecule has 10 nitrogen and oxygen atoms in total. The van der Waals surface area contributed by atoms with Gasteiger partial charge in [-0.3, -0.25) is 18.9 Å². The highest BCUT2D eigenvalue weighted by molar-refractivity contribution is 8.00. The first-order valence-electron chi connectivity index (χ1n) is 8.55. The Bertz CT molecular complexity index is 889. The van der Waals surface area contributed by atoms with Gasteiger partial charge in [0.1, 0.15) is 6.04 Å². The van der Waals surface area contributed by atoms with Gasteiger partial charge in [-0.2, -0.15) is 8.42 Å². The number of hydrogen-bond donors (Lipinski definition) is 3. The summed E-state index contributed by atoms with van der Waals surface area (Å²) in [5.74, 6) is -1.23. The molecule has 0 spiro atoms. The highest BCUT2D eigenvalue weighted by atomic mass is 32.2. The maximum atomic E-state index is 12.5. The van der Waals surface area contributed by atoms with Crippen molar-refractivity contribution in [3.8, 4) is 0 Å². The predicted octanol–water partition coefficient (Wildman–Crippen LogP) is -0.918. The van der Waals surface area contributed by atoms with Crippen LogP contribution in [0.25, 0.3) is 0 Å². The number of carbonyl (C=O) groups is 3. The fourth-order valence-electron chi connectivity index (χ4n) is 3.31. The van der Waals surface area contributed by atoms with E-state index in [1.54, 1.807) is 24.3 Å². The van der Waals surface area contributed by atoms with E-state index in [4.69, 9.17) is 10.3 Å². The van der Waals surface area contributed by atoms with Crippen LogP contribution in [0.3, 0.4) is 0 Å². The lowest BCUT2D eigenvalue weighted by atomic mass is 10.0. The topological polar surface area (TPSA) is 150 Å². The lowest BCUT2D eigenvalue weighted by Crippen LogP contribution is -2.68. The van der Waals surface area contributed by atoms with Crippen molar-refractivity contribution < 1.29 is 27.4 Å². The van der Waals surface area contributed by atoms with E-state index in [-0.39, 0.29) is 24.1 Å². The van der Waals surface area contributed by atoms with Crippen LogP contribution in [0.2, 0.25) is 0 Å². The zero-order valence-electron chi connectivity index (χ0n) is 14.8. The van der Waals surface area contributed by atoms with Crippen molar-refractivity contribution in [2.45, 2.75) is 23.4 Å². The van der Waals surface area contributed by atoms with E-state index in [1.165, 1.54) is 16.7 Å². The van der Waals surface area contributed by atoms with Crippen molar-refractivity contribution in [1.29, 1.82) is 0 Å². The second kappa shape index (κ2) is 8.07. The number of thioether (sulfide) groups is 1. The number of rotatable bonds is 7. The summed E-state index contributed by atoms with van der Waals surface area (Å²) in [7, 11) is -4.59. The third-order valence-corrected chi connectivity index (χ3v) is 6.56. The number of carbonyl (C=O) groups excluding carboxylic acids is 3. The number of nitrogens with two attached hydrogens (primary N) is 1. The minimum absolute atomic E-state index is 0.0705. The van der Waals surface area contributed by atoms with Gasteiger partial charge < -0.3 is 16.0 Å². The molecule has 2 aliphatic heterocycles. The normalized spacial score (nSPS) is 21.3. The Morgan fingerprint density at radius 2 is 1.96 bits per heavy atom. The number of fused-ring (bicyclic) bond motifs is 1. The van der Waals surface area contributed by atoms with Gasteiger partial charge in [0.05, 0.1) is 11.8 Å². The van der Waals surface area contributed by atoms with Crippen LogP contribution in [0.4, 0.5) is 0 Å². The minimum Gasteiger partial charge on any atom is -0.351 e. The molecule has 12 heteroatoms. The van der Waals surface area contributed by atoms with Crippen molar-refractivity contribution in [3.05, 3.63) is 29.8 Å². The predicted molar refractivity (Wildman–Crippen MR) is 101 cm³/mol. The van der Waals surface area contributed by atoms with Gasteiger partial charge in [-0.15, -0.1) is 11.8 Å². The Hall–Kier alpha value is -2.15. The quantitative estimate of drug-likeness (QED) is 0.287. The fourth-order valence-corrected chi connectivity index (χ4v) is 5.00. The van der Waals surface area contributed by atoms with Crippen LogP contribution >= 0.6 is 11.8 Å². The average molecular weight is 428 g/mol. The summed E-state index contributed by atoms with van der Waals surface area (Å²) < 4.78 is 31.9. The molecule has 2 heterocycles. The Morgan fingerprint density at radius 3 is 2.57 bits per heavy atom. The largest absolute Gasteiger partial charge is 0.362 e. The van der Waals surface area contributed by atoms with Gasteiger partial charge in [-0.05, 0) is 30.7 Å². The van der Waals surface area contributed by atoms with Gasteiger partial charge >= 0.3 is 10.3 Å². The van der Waals surface area contributed by atoms with Gasteiger partial charge in [0.2, 0.25) is 5.91 Å². The fraction of sp³-hybridized carbons (Fsp3) is 0.438. The molecule has 4 N–H and O–H groups in total. The molecule has 0 saturated carbocycles. The molecular formula is C16H20N4O6S2. The van der Waals surface area contributed by atoms with E-state index in [0.29, 0.717) is 29.4 Å². The number of hydrogen-bond acceptors (Lipinski definition) is 7. The van der Waals surface area contributed by atoms with E-state index >= 15 is 0 Å². The molecule has 1 aromatic carbocycles. The van der Waals surface area contributed by atoms with Gasteiger partial charge in [-0.1, -0.05) is 0 Å². The van der Waals surface area contributed by atoms with Crippen molar-refractivity contribution in [3.63, 3.8) is 0 Å². The van der Waals surface area contributed by atoms with E-state index < -0.39 is 28.3 Å². The smallest absolute Gasteiger partial charge is 0.351 e. The second-order valence-electron chi connectivity index (χ2n) is 6.36. The molecule has 2 fully saturated rings. The molecule has 2 aliphatic rings. The van der Waals surface area contributed by atoms with Crippen molar-refractivity contribution >= 4 is 39.8 Å². The molecule has 0 radical (unpaired) electrons. The van der Waals surface area contributed by atoms with Crippen LogP contribution in [-0.2, 0) is 19.9 Å². The van der Waals surface area contributed by atoms with Crippen LogP contribution in [0.15, 0.2) is 29.2 Å². The zero-order valence-corrected chi connectivity index (χ0v) is 16.4. The number of β-lactam (4-membered cyclic amide) rings is 1. The molecule has 3 amide bonds. The summed E-state index contributed by atoms with van der Waals surface area (Å²) in [5.41, 5.74) is 5.82. The molecule has 0 aliphatic carbocycles. The van der Waals surface area contributed by atoms with Crippen molar-refractivity contribution in [2.75, 3.05) is 25.4 Å². The van der Waals surface area contributed by atoms with E-state index in [9.17, 15) is 22.8 Å². The zero-order chi connectivity index (χ0) is 20.5. The minimum atomic E-state index is -4.59. The van der Waals surface area contributed by atoms with Gasteiger partial charge in [0.15, 0.2) is 0 Å². The monoisotopic (exact) mass is 428 g/mol. The van der Waals surface area contributed by atoms with Crippen LogP contribution in [-0.4, -0.2) is 77.4 Å². The second-order valence-corrected chi connectivity index (χ2v) is 8.70. The molecule has 2 atom stereocenters. The van der Waals surface area contributed by atoms with Gasteiger partial charge in [0.25, 0.3) is 11.8 Å². The summed E-state index contributed by atoms with van der Waals surface area (Å²) in [5, 5.41) is 2.66.